The summed E-state index contributed by atoms with van der Waals surface area (Å²) in [6.07, 6.45) is 7.79. The number of fused-ring (bicyclic) bond motifs is 1. The van der Waals surface area contributed by atoms with Crippen LogP contribution in [0.5, 0.6) is 0 Å². The zero-order valence-electron chi connectivity index (χ0n) is 15.1. The first-order valence-electron chi connectivity index (χ1n) is 9.20. The average Bonchev–Trinajstić information content (AvgIpc) is 3.39. The van der Waals surface area contributed by atoms with Crippen LogP contribution in [0, 0.1) is 6.92 Å². The fourth-order valence-corrected chi connectivity index (χ4v) is 4.29. The number of aryl methyl sites for hydroxylation is 1. The molecule has 2 aromatic heterocycles. The molecule has 0 aromatic carbocycles. The molecule has 0 N–H and O–H groups in total. The van der Waals surface area contributed by atoms with Crippen LogP contribution < -0.4 is 0 Å². The zero-order chi connectivity index (χ0) is 17.9. The monoisotopic (exact) mass is 372 g/mol. The van der Waals surface area contributed by atoms with Crippen LogP contribution in [-0.4, -0.2) is 38.7 Å². The Morgan fingerprint density at radius 1 is 1.46 bits per heavy atom. The Morgan fingerprint density at radius 3 is 3.15 bits per heavy atom. The van der Waals surface area contributed by atoms with Gasteiger partial charge in [-0.05, 0) is 38.7 Å². The minimum atomic E-state index is 0.164. The average molecular weight is 372 g/mol. The Hall–Kier alpha value is -1.99. The highest BCUT2D eigenvalue weighted by molar-refractivity contribution is 7.09. The van der Waals surface area contributed by atoms with Crippen LogP contribution in [0.15, 0.2) is 29.3 Å². The molecule has 138 valence electrons. The number of hydrogen-bond acceptors (Lipinski definition) is 5. The molecule has 1 unspecified atom stereocenters. The quantitative estimate of drug-likeness (QED) is 0.731. The molecule has 0 bridgehead atoms. The maximum absolute atomic E-state index is 12.8. The van der Waals surface area contributed by atoms with Gasteiger partial charge in [-0.3, -0.25) is 9.48 Å². The van der Waals surface area contributed by atoms with Crippen molar-refractivity contribution >= 4 is 17.2 Å². The number of thiazole rings is 1. The summed E-state index contributed by atoms with van der Waals surface area (Å²) < 4.78 is 7.87. The standard InChI is InChI=1S/C19H24N4O2S/c1-14-21-16(13-26-14)12-25-9-7-18-11-22(10-17-6-8-20-23(17)18)19(24)15-4-2-3-5-15/h4,6,8,13,18H,2-3,5,7,9-12H2,1H3. The Labute approximate surface area is 157 Å². The Bertz CT molecular complexity index is 810. The molecule has 6 nitrogen and oxygen atoms in total. The fraction of sp³-hybridized carbons (Fsp3) is 0.526. The van der Waals surface area contributed by atoms with Gasteiger partial charge in [0, 0.05) is 30.3 Å². The molecule has 0 fully saturated rings. The Kier molecular flexibility index (Phi) is 5.17. The maximum atomic E-state index is 12.8. The molecular weight excluding hydrogens is 348 g/mol. The van der Waals surface area contributed by atoms with Crippen molar-refractivity contribution in [2.45, 2.75) is 51.8 Å². The van der Waals surface area contributed by atoms with Gasteiger partial charge >= 0.3 is 0 Å². The van der Waals surface area contributed by atoms with Gasteiger partial charge in [0.2, 0.25) is 5.91 Å². The van der Waals surface area contributed by atoms with E-state index < -0.39 is 0 Å². The van der Waals surface area contributed by atoms with Crippen molar-refractivity contribution in [3.63, 3.8) is 0 Å². The first-order chi connectivity index (χ1) is 12.7. The van der Waals surface area contributed by atoms with Crippen LogP contribution >= 0.6 is 11.3 Å². The zero-order valence-corrected chi connectivity index (χ0v) is 15.9. The van der Waals surface area contributed by atoms with E-state index in [-0.39, 0.29) is 11.9 Å². The summed E-state index contributed by atoms with van der Waals surface area (Å²) in [5, 5.41) is 7.57. The lowest BCUT2D eigenvalue weighted by molar-refractivity contribution is -0.129. The van der Waals surface area contributed by atoms with E-state index in [2.05, 4.69) is 20.8 Å². The van der Waals surface area contributed by atoms with Crippen molar-refractivity contribution in [1.82, 2.24) is 19.7 Å². The van der Waals surface area contributed by atoms with Gasteiger partial charge in [-0.1, -0.05) is 6.08 Å². The summed E-state index contributed by atoms with van der Waals surface area (Å²) in [5.74, 6) is 0.193. The number of rotatable bonds is 6. The van der Waals surface area contributed by atoms with Gasteiger partial charge in [-0.2, -0.15) is 5.10 Å². The van der Waals surface area contributed by atoms with Crippen LogP contribution in [0.25, 0.3) is 0 Å². The molecule has 3 heterocycles. The number of carbonyl (C=O) groups excluding carboxylic acids is 1. The molecule has 0 spiro atoms. The third-order valence-corrected chi connectivity index (χ3v) is 5.82. The maximum Gasteiger partial charge on any atom is 0.249 e. The van der Waals surface area contributed by atoms with E-state index in [1.54, 1.807) is 11.3 Å². The second-order valence-electron chi connectivity index (χ2n) is 6.93. The molecule has 1 atom stereocenters. The molecule has 2 aliphatic rings. The molecule has 26 heavy (non-hydrogen) atoms. The molecule has 1 aliphatic carbocycles. The summed E-state index contributed by atoms with van der Waals surface area (Å²) >= 11 is 1.64. The molecule has 0 radical (unpaired) electrons. The van der Waals surface area contributed by atoms with E-state index in [0.717, 1.165) is 47.7 Å². The van der Waals surface area contributed by atoms with Crippen LogP contribution in [0.2, 0.25) is 0 Å². The Morgan fingerprint density at radius 2 is 2.38 bits per heavy atom. The number of hydrogen-bond donors (Lipinski definition) is 0. The van der Waals surface area contributed by atoms with Crippen molar-refractivity contribution in [2.75, 3.05) is 13.2 Å². The molecule has 0 saturated carbocycles. The van der Waals surface area contributed by atoms with Crippen molar-refractivity contribution in [3.8, 4) is 0 Å². The Balaban J connectivity index is 1.36. The molecule has 2 aromatic rings. The molecule has 7 heteroatoms. The predicted octanol–water partition coefficient (Wildman–Crippen LogP) is 3.25. The summed E-state index contributed by atoms with van der Waals surface area (Å²) in [5.41, 5.74) is 3.07. The van der Waals surface area contributed by atoms with Crippen LogP contribution in [0.4, 0.5) is 0 Å². The number of ether oxygens (including phenoxy) is 1. The molecule has 1 aliphatic heterocycles. The van der Waals surface area contributed by atoms with Gasteiger partial charge in [0.05, 0.1) is 35.6 Å². The van der Waals surface area contributed by atoms with E-state index >= 15 is 0 Å². The second-order valence-corrected chi connectivity index (χ2v) is 7.99. The highest BCUT2D eigenvalue weighted by Gasteiger charge is 2.30. The fourth-order valence-electron chi connectivity index (χ4n) is 3.69. The largest absolute Gasteiger partial charge is 0.375 e. The van der Waals surface area contributed by atoms with Gasteiger partial charge in [0.15, 0.2) is 0 Å². The van der Waals surface area contributed by atoms with Crippen molar-refractivity contribution in [3.05, 3.63) is 45.7 Å². The second kappa shape index (κ2) is 7.72. The minimum Gasteiger partial charge on any atom is -0.375 e. The lowest BCUT2D eigenvalue weighted by atomic mass is 10.1. The highest BCUT2D eigenvalue weighted by atomic mass is 32.1. The lowest BCUT2D eigenvalue weighted by Crippen LogP contribution is -2.42. The summed E-state index contributed by atoms with van der Waals surface area (Å²) in [6, 6.07) is 2.17. The van der Waals surface area contributed by atoms with Crippen molar-refractivity contribution in [1.29, 1.82) is 0 Å². The van der Waals surface area contributed by atoms with Gasteiger partial charge in [0.25, 0.3) is 0 Å². The topological polar surface area (TPSA) is 60.2 Å². The van der Waals surface area contributed by atoms with E-state index in [4.69, 9.17) is 4.74 Å². The molecule has 4 rings (SSSR count). The lowest BCUT2D eigenvalue weighted by Gasteiger charge is -2.34. The SMILES string of the molecule is Cc1nc(COCCC2CN(C(=O)C3=CCCC3)Cc3ccnn32)cs1. The molecule has 1 amide bonds. The normalized spacial score (nSPS) is 19.5. The van der Waals surface area contributed by atoms with Gasteiger partial charge in [0.1, 0.15) is 0 Å². The van der Waals surface area contributed by atoms with Crippen molar-refractivity contribution < 1.29 is 9.53 Å². The van der Waals surface area contributed by atoms with E-state index in [1.165, 1.54) is 0 Å². The summed E-state index contributed by atoms with van der Waals surface area (Å²) in [7, 11) is 0. The van der Waals surface area contributed by atoms with Crippen LogP contribution in [-0.2, 0) is 22.7 Å². The third kappa shape index (κ3) is 3.73. The smallest absolute Gasteiger partial charge is 0.249 e. The number of allylic oxidation sites excluding steroid dienone is 1. The van der Waals surface area contributed by atoms with E-state index in [0.29, 0.717) is 26.3 Å². The van der Waals surface area contributed by atoms with Crippen molar-refractivity contribution in [2.24, 2.45) is 0 Å². The minimum absolute atomic E-state index is 0.164. The van der Waals surface area contributed by atoms with Crippen LogP contribution in [0.3, 0.4) is 0 Å². The number of amides is 1. The predicted molar refractivity (Wildman–Crippen MR) is 99.7 cm³/mol. The first-order valence-corrected chi connectivity index (χ1v) is 10.1. The number of nitrogens with zero attached hydrogens (tertiary/aromatic N) is 4. The molecular formula is C19H24N4O2S. The highest BCUT2D eigenvalue weighted by Crippen LogP contribution is 2.27. The van der Waals surface area contributed by atoms with Gasteiger partial charge in [-0.25, -0.2) is 4.98 Å². The number of carbonyl (C=O) groups is 1. The number of aromatic nitrogens is 3. The summed E-state index contributed by atoms with van der Waals surface area (Å²) in [4.78, 5) is 19.2. The van der Waals surface area contributed by atoms with Gasteiger partial charge in [-0.15, -0.1) is 11.3 Å². The van der Waals surface area contributed by atoms with Crippen LogP contribution in [0.1, 0.15) is 48.1 Å². The summed E-state index contributed by atoms with van der Waals surface area (Å²) in [6.45, 7) is 4.51. The van der Waals surface area contributed by atoms with E-state index in [9.17, 15) is 4.79 Å². The third-order valence-electron chi connectivity index (χ3n) is 5.00. The first kappa shape index (κ1) is 17.4. The molecule has 0 saturated heterocycles. The van der Waals surface area contributed by atoms with Gasteiger partial charge < -0.3 is 9.64 Å². The van der Waals surface area contributed by atoms with E-state index in [1.807, 2.05) is 29.5 Å².